The second kappa shape index (κ2) is 13.8. The first-order valence-electron chi connectivity index (χ1n) is 17.2. The minimum Gasteiger partial charge on any atom is -0.460 e. The van der Waals surface area contributed by atoms with E-state index in [1.54, 1.807) is 0 Å². The molecule has 0 spiro atoms. The second-order valence-corrected chi connectivity index (χ2v) is 14.9. The number of hydrazine groups is 1. The highest BCUT2D eigenvalue weighted by molar-refractivity contribution is 5.86. The average Bonchev–Trinajstić information content (AvgIpc) is 3.47. The van der Waals surface area contributed by atoms with Gasteiger partial charge >= 0.3 is 5.97 Å². The zero-order chi connectivity index (χ0) is 34.2. The van der Waals surface area contributed by atoms with Crippen LogP contribution in [0.1, 0.15) is 108 Å². The first-order chi connectivity index (χ1) is 22.8. The van der Waals surface area contributed by atoms with E-state index < -0.39 is 11.4 Å². The Morgan fingerprint density at radius 3 is 2.58 bits per heavy atom. The Morgan fingerprint density at radius 2 is 1.90 bits per heavy atom. The standard InChI is InChI=1S/C39H49FN4O4/c1-23(2)35-32(18-16-28-20-29(47-39(6,7)46-28)21-33(45)48-38(3,4)5)34(24-11-14-27(40)15-12-24)31-10-8-9-25-19-26(37-41-22-42-44-37)13-17-30(25)36(31)43-35/h11-19,23,28-29,37,41-42,44H,8-10,20-22H2,1-7H3/b18-16+/t28-,29-,37?/m1/s1. The third-order valence-electron chi connectivity index (χ3n) is 8.95. The molecule has 3 N–H and O–H groups in total. The number of nitrogens with one attached hydrogen (secondary N) is 3. The number of rotatable bonds is 7. The molecule has 0 radical (unpaired) electrons. The predicted octanol–water partition coefficient (Wildman–Crippen LogP) is 7.48. The topological polar surface area (TPSA) is 93.7 Å². The van der Waals surface area contributed by atoms with E-state index in [-0.39, 0.29) is 42.5 Å². The van der Waals surface area contributed by atoms with Gasteiger partial charge < -0.3 is 14.2 Å². The zero-order valence-corrected chi connectivity index (χ0v) is 29.2. The largest absolute Gasteiger partial charge is 0.460 e. The van der Waals surface area contributed by atoms with Crippen LogP contribution in [0.5, 0.6) is 0 Å². The Kier molecular flexibility index (Phi) is 9.89. The van der Waals surface area contributed by atoms with Gasteiger partial charge in [-0.15, -0.1) is 0 Å². The number of esters is 1. The molecule has 8 nitrogen and oxygen atoms in total. The normalized spacial score (nSPS) is 22.4. The minimum absolute atomic E-state index is 0.0561. The van der Waals surface area contributed by atoms with Gasteiger partial charge in [0.05, 0.1) is 42.9 Å². The van der Waals surface area contributed by atoms with Crippen molar-refractivity contribution in [1.29, 1.82) is 0 Å². The van der Waals surface area contributed by atoms with Gasteiger partial charge in [-0.2, -0.15) is 0 Å². The van der Waals surface area contributed by atoms with Crippen LogP contribution in [0.25, 0.3) is 28.5 Å². The van der Waals surface area contributed by atoms with E-state index in [0.717, 1.165) is 52.9 Å². The Morgan fingerprint density at radius 1 is 1.12 bits per heavy atom. The summed E-state index contributed by atoms with van der Waals surface area (Å²) in [5.41, 5.74) is 15.7. The maximum Gasteiger partial charge on any atom is 0.308 e. The molecule has 0 amide bonds. The summed E-state index contributed by atoms with van der Waals surface area (Å²) in [4.78, 5) is 18.1. The number of carbonyl (C=O) groups is 1. The molecule has 2 aromatic carbocycles. The Balaban J connectivity index is 1.42. The van der Waals surface area contributed by atoms with Crippen LogP contribution in [0.15, 0.2) is 48.5 Å². The lowest BCUT2D eigenvalue weighted by molar-refractivity contribution is -0.290. The van der Waals surface area contributed by atoms with Crippen LogP contribution in [-0.2, 0) is 31.8 Å². The summed E-state index contributed by atoms with van der Waals surface area (Å²) in [5.74, 6) is -1.32. The molecule has 2 fully saturated rings. The maximum atomic E-state index is 14.3. The monoisotopic (exact) mass is 656 g/mol. The Labute approximate surface area is 283 Å². The van der Waals surface area contributed by atoms with Crippen LogP contribution in [-0.4, -0.2) is 41.2 Å². The average molecular weight is 657 g/mol. The summed E-state index contributed by atoms with van der Waals surface area (Å²) in [6.45, 7) is 14.4. The fourth-order valence-electron chi connectivity index (χ4n) is 7.09. The highest BCUT2D eigenvalue weighted by Crippen LogP contribution is 2.43. The molecule has 0 bridgehead atoms. The minimum atomic E-state index is -0.880. The molecule has 9 heteroatoms. The number of pyridine rings is 1. The summed E-state index contributed by atoms with van der Waals surface area (Å²) >= 11 is 0. The summed E-state index contributed by atoms with van der Waals surface area (Å²) in [6.07, 6.45) is 7.01. The van der Waals surface area contributed by atoms with Crippen LogP contribution in [0.4, 0.5) is 4.39 Å². The molecule has 1 aliphatic carbocycles. The third kappa shape index (κ3) is 7.87. The first kappa shape index (κ1) is 34.4. The number of aromatic nitrogens is 1. The molecular weight excluding hydrogens is 607 g/mol. The number of carbonyl (C=O) groups excluding carboxylic acids is 1. The summed E-state index contributed by atoms with van der Waals surface area (Å²) in [6, 6.07) is 13.5. The number of nitrogens with zero attached hydrogens (tertiary/aromatic N) is 1. The third-order valence-corrected chi connectivity index (χ3v) is 8.95. The smallest absolute Gasteiger partial charge is 0.308 e. The van der Waals surface area contributed by atoms with Gasteiger partial charge in [0.2, 0.25) is 0 Å². The zero-order valence-electron chi connectivity index (χ0n) is 29.2. The van der Waals surface area contributed by atoms with Gasteiger partial charge in [-0.05, 0) is 99.7 Å². The van der Waals surface area contributed by atoms with E-state index in [9.17, 15) is 9.18 Å². The van der Waals surface area contributed by atoms with Gasteiger partial charge in [0.25, 0.3) is 0 Å². The lowest BCUT2D eigenvalue weighted by Gasteiger charge is -2.40. The molecule has 6 rings (SSSR count). The number of hydrogen-bond acceptors (Lipinski definition) is 8. The van der Waals surface area contributed by atoms with Crippen molar-refractivity contribution >= 4 is 12.0 Å². The van der Waals surface area contributed by atoms with Crippen molar-refractivity contribution in [3.8, 4) is 22.4 Å². The molecule has 0 saturated carbocycles. The number of ether oxygens (including phenoxy) is 3. The molecule has 3 atom stereocenters. The van der Waals surface area contributed by atoms with Crippen molar-refractivity contribution in [3.05, 3.63) is 82.3 Å². The van der Waals surface area contributed by atoms with Crippen molar-refractivity contribution in [3.63, 3.8) is 0 Å². The lowest BCUT2D eigenvalue weighted by Crippen LogP contribution is -2.45. The van der Waals surface area contributed by atoms with Crippen LogP contribution in [0, 0.1) is 5.82 Å². The quantitative estimate of drug-likeness (QED) is 0.226. The van der Waals surface area contributed by atoms with Crippen LogP contribution >= 0.6 is 0 Å². The number of hydrogen-bond donors (Lipinski definition) is 3. The fourth-order valence-corrected chi connectivity index (χ4v) is 7.09. The maximum absolute atomic E-state index is 14.3. The van der Waals surface area contributed by atoms with Gasteiger partial charge in [0.1, 0.15) is 11.4 Å². The van der Waals surface area contributed by atoms with Gasteiger partial charge in [0.15, 0.2) is 5.79 Å². The second-order valence-electron chi connectivity index (χ2n) is 14.9. The van der Waals surface area contributed by atoms with E-state index in [1.807, 2.05) is 46.8 Å². The van der Waals surface area contributed by atoms with E-state index in [2.05, 4.69) is 60.4 Å². The Hall–Kier alpha value is -3.47. The number of fused-ring (bicyclic) bond motifs is 3. The van der Waals surface area contributed by atoms with Crippen LogP contribution in [0.3, 0.4) is 0 Å². The molecule has 3 aliphatic rings. The highest BCUT2D eigenvalue weighted by atomic mass is 19.1. The van der Waals surface area contributed by atoms with Gasteiger partial charge in [-0.3, -0.25) is 15.1 Å². The molecule has 1 unspecified atom stereocenters. The molecule has 48 heavy (non-hydrogen) atoms. The van der Waals surface area contributed by atoms with E-state index in [4.69, 9.17) is 19.2 Å². The van der Waals surface area contributed by atoms with Crippen LogP contribution < -0.4 is 16.2 Å². The molecule has 3 heterocycles. The SMILES string of the molecule is CC(C)c1nc2c(c(-c3ccc(F)cc3)c1/C=C/[C@@H]1C[C@H](CC(=O)OC(C)(C)C)OC(C)(C)O1)CCCc1cc(C3NCNN3)ccc1-2. The number of halogens is 1. The molecule has 1 aromatic heterocycles. The molecule has 256 valence electrons. The summed E-state index contributed by atoms with van der Waals surface area (Å²) < 4.78 is 32.4. The van der Waals surface area contributed by atoms with E-state index in [0.29, 0.717) is 13.1 Å². The lowest BCUT2D eigenvalue weighted by atomic mass is 9.86. The van der Waals surface area contributed by atoms with Crippen molar-refractivity contribution in [2.45, 2.75) is 116 Å². The molecule has 3 aromatic rings. The van der Waals surface area contributed by atoms with Crippen LogP contribution in [0.2, 0.25) is 0 Å². The van der Waals surface area contributed by atoms with Crippen molar-refractivity contribution in [2.24, 2.45) is 0 Å². The van der Waals surface area contributed by atoms with E-state index in [1.165, 1.54) is 28.8 Å². The van der Waals surface area contributed by atoms with Gasteiger partial charge in [-0.25, -0.2) is 15.2 Å². The van der Waals surface area contributed by atoms with Crippen molar-refractivity contribution in [2.75, 3.05) is 6.67 Å². The highest BCUT2D eigenvalue weighted by Gasteiger charge is 2.36. The molecule has 2 saturated heterocycles. The van der Waals surface area contributed by atoms with E-state index >= 15 is 0 Å². The molecular formula is C39H49FN4O4. The fraction of sp³-hybridized carbons (Fsp3) is 0.487. The summed E-state index contributed by atoms with van der Waals surface area (Å²) in [7, 11) is 0. The molecule has 2 aliphatic heterocycles. The first-order valence-corrected chi connectivity index (χ1v) is 17.2. The van der Waals surface area contributed by atoms with Crippen molar-refractivity contribution < 1.29 is 23.4 Å². The number of benzene rings is 2. The number of aryl methyl sites for hydroxylation is 1. The summed E-state index contributed by atoms with van der Waals surface area (Å²) in [5, 5.41) is 3.43. The van der Waals surface area contributed by atoms with Gasteiger partial charge in [-0.1, -0.05) is 56.3 Å². The van der Waals surface area contributed by atoms with Gasteiger partial charge in [0, 0.05) is 17.5 Å². The predicted molar refractivity (Wildman–Crippen MR) is 186 cm³/mol. The Bertz CT molecular complexity index is 1670. The van der Waals surface area contributed by atoms with Crippen molar-refractivity contribution in [1.82, 2.24) is 21.2 Å².